The van der Waals surface area contributed by atoms with Crippen molar-refractivity contribution in [2.45, 2.75) is 38.9 Å². The Balaban J connectivity index is 3.55. The molecular weight excluding hydrogens is 220 g/mol. The van der Waals surface area contributed by atoms with Gasteiger partial charge in [-0.3, -0.25) is 0 Å². The minimum Gasteiger partial charge on any atom is -0.499 e. The highest BCUT2D eigenvalue weighted by atomic mass is 28.4. The average Bonchev–Trinajstić information content (AvgIpc) is 2.14. The van der Waals surface area contributed by atoms with Crippen molar-refractivity contribution in [1.82, 2.24) is 0 Å². The third-order valence-corrected chi connectivity index (χ3v) is 7.50. The molecule has 0 aliphatic carbocycles. The van der Waals surface area contributed by atoms with Crippen molar-refractivity contribution in [2.24, 2.45) is 0 Å². The molecule has 0 rings (SSSR count). The first-order chi connectivity index (χ1) is 7.31. The van der Waals surface area contributed by atoms with Crippen molar-refractivity contribution in [3.05, 3.63) is 12.8 Å². The van der Waals surface area contributed by atoms with Crippen LogP contribution >= 0.6 is 0 Å². The van der Waals surface area contributed by atoms with Gasteiger partial charge in [0.2, 0.25) is 0 Å². The van der Waals surface area contributed by atoms with Crippen molar-refractivity contribution >= 4 is 8.32 Å². The molecule has 0 bridgehead atoms. The lowest BCUT2D eigenvalue weighted by Crippen LogP contribution is -2.41. The third kappa shape index (κ3) is 6.30. The second-order valence-corrected chi connectivity index (χ2v) is 10.1. The minimum atomic E-state index is -1.61. The van der Waals surface area contributed by atoms with Crippen molar-refractivity contribution in [3.63, 3.8) is 0 Å². The monoisotopic (exact) mass is 246 g/mol. The maximum atomic E-state index is 5.95. The summed E-state index contributed by atoms with van der Waals surface area (Å²) in [5, 5.41) is 0.263. The van der Waals surface area contributed by atoms with E-state index < -0.39 is 8.32 Å². The van der Waals surface area contributed by atoms with E-state index in [-0.39, 0.29) is 5.04 Å². The molecule has 0 radical (unpaired) electrons. The molecular formula is C12H26O3Si. The smallest absolute Gasteiger partial charge is 0.192 e. The molecule has 16 heavy (non-hydrogen) atoms. The summed E-state index contributed by atoms with van der Waals surface area (Å²) in [7, 11) is -1.61. The van der Waals surface area contributed by atoms with E-state index in [1.54, 1.807) is 0 Å². The molecule has 0 aromatic carbocycles. The zero-order valence-corrected chi connectivity index (χ0v) is 12.3. The molecule has 0 fully saturated rings. The Morgan fingerprint density at radius 1 is 1.06 bits per heavy atom. The van der Waals surface area contributed by atoms with Crippen molar-refractivity contribution < 1.29 is 13.9 Å². The van der Waals surface area contributed by atoms with Gasteiger partial charge in [0, 0.05) is 0 Å². The number of ether oxygens (including phenoxy) is 2. The highest BCUT2D eigenvalue weighted by molar-refractivity contribution is 6.74. The van der Waals surface area contributed by atoms with Gasteiger partial charge in [0.1, 0.15) is 6.61 Å². The summed E-state index contributed by atoms with van der Waals surface area (Å²) in [6, 6.07) is 0. The summed E-state index contributed by atoms with van der Waals surface area (Å²) in [6.45, 7) is 17.1. The van der Waals surface area contributed by atoms with Crippen LogP contribution in [0.1, 0.15) is 20.8 Å². The Bertz CT molecular complexity index is 197. The Morgan fingerprint density at radius 2 is 1.62 bits per heavy atom. The highest BCUT2D eigenvalue weighted by Gasteiger charge is 2.36. The molecule has 0 N–H and O–H groups in total. The lowest BCUT2D eigenvalue weighted by atomic mass is 10.2. The zero-order chi connectivity index (χ0) is 12.7. The maximum absolute atomic E-state index is 5.95. The summed E-state index contributed by atoms with van der Waals surface area (Å²) in [5.74, 6) is 0. The Morgan fingerprint density at radius 3 is 2.12 bits per heavy atom. The molecule has 0 aliphatic rings. The summed E-state index contributed by atoms with van der Waals surface area (Å²) in [5.41, 5.74) is 0. The van der Waals surface area contributed by atoms with Crippen molar-refractivity contribution in [3.8, 4) is 0 Å². The molecule has 0 aromatic rings. The van der Waals surface area contributed by atoms with E-state index in [4.69, 9.17) is 13.9 Å². The Labute approximate surface area is 101 Å². The molecule has 4 heteroatoms. The fourth-order valence-electron chi connectivity index (χ4n) is 0.865. The van der Waals surface area contributed by atoms with Crippen molar-refractivity contribution in [1.29, 1.82) is 0 Å². The Kier molecular flexibility index (Phi) is 6.95. The lowest BCUT2D eigenvalue weighted by molar-refractivity contribution is 0.0625. The first kappa shape index (κ1) is 15.7. The molecule has 3 nitrogen and oxygen atoms in total. The van der Waals surface area contributed by atoms with E-state index in [1.807, 2.05) is 0 Å². The maximum Gasteiger partial charge on any atom is 0.192 e. The molecule has 0 saturated carbocycles. The number of hydrogen-bond donors (Lipinski definition) is 0. The van der Waals surface area contributed by atoms with Crippen LogP contribution in [0.4, 0.5) is 0 Å². The van der Waals surface area contributed by atoms with Crippen LogP contribution in [0.3, 0.4) is 0 Å². The molecule has 0 unspecified atom stereocenters. The van der Waals surface area contributed by atoms with Crippen LogP contribution in [0.2, 0.25) is 18.1 Å². The summed E-state index contributed by atoms with van der Waals surface area (Å²) < 4.78 is 16.3. The molecule has 0 aliphatic heterocycles. The fourth-order valence-corrected chi connectivity index (χ4v) is 1.89. The summed E-state index contributed by atoms with van der Waals surface area (Å²) in [4.78, 5) is 0. The second kappa shape index (κ2) is 7.09. The van der Waals surface area contributed by atoms with Gasteiger partial charge in [0.15, 0.2) is 8.32 Å². The Hall–Kier alpha value is -0.323. The van der Waals surface area contributed by atoms with Gasteiger partial charge in [-0.2, -0.15) is 0 Å². The van der Waals surface area contributed by atoms with Gasteiger partial charge in [-0.1, -0.05) is 27.4 Å². The molecule has 0 heterocycles. The topological polar surface area (TPSA) is 27.7 Å². The fraction of sp³-hybridized carbons (Fsp3) is 0.833. The van der Waals surface area contributed by atoms with E-state index in [0.29, 0.717) is 26.4 Å². The van der Waals surface area contributed by atoms with Crippen LogP contribution in [-0.2, 0) is 13.9 Å². The largest absolute Gasteiger partial charge is 0.499 e. The van der Waals surface area contributed by atoms with Gasteiger partial charge in [-0.15, -0.1) is 0 Å². The predicted octanol–water partition coefficient (Wildman–Crippen LogP) is 3.18. The van der Waals surface area contributed by atoms with E-state index in [2.05, 4.69) is 40.4 Å². The molecule has 0 atom stereocenters. The highest BCUT2D eigenvalue weighted by Crippen LogP contribution is 2.36. The first-order valence-corrected chi connectivity index (χ1v) is 8.66. The predicted molar refractivity (Wildman–Crippen MR) is 70.1 cm³/mol. The molecule has 0 aromatic heterocycles. The van der Waals surface area contributed by atoms with E-state index >= 15 is 0 Å². The number of rotatable bonds is 8. The third-order valence-electron chi connectivity index (χ3n) is 2.96. The lowest BCUT2D eigenvalue weighted by Gasteiger charge is -2.36. The molecule has 0 amide bonds. The van der Waals surface area contributed by atoms with Gasteiger partial charge < -0.3 is 13.9 Å². The zero-order valence-electron chi connectivity index (χ0n) is 11.3. The number of hydrogen-bond acceptors (Lipinski definition) is 3. The van der Waals surface area contributed by atoms with Gasteiger partial charge in [-0.05, 0) is 18.1 Å². The average molecular weight is 246 g/mol. The molecule has 0 spiro atoms. The normalized spacial score (nSPS) is 12.6. The SMILES string of the molecule is C=COCCOCCO[Si](C)(C)C(C)(C)C. The van der Waals surface area contributed by atoms with E-state index in [1.165, 1.54) is 6.26 Å². The van der Waals surface area contributed by atoms with Crippen LogP contribution in [0.15, 0.2) is 12.8 Å². The van der Waals surface area contributed by atoms with E-state index in [9.17, 15) is 0 Å². The van der Waals surface area contributed by atoms with Crippen LogP contribution in [-0.4, -0.2) is 34.7 Å². The van der Waals surface area contributed by atoms with Crippen LogP contribution in [0.25, 0.3) is 0 Å². The quantitative estimate of drug-likeness (QED) is 0.374. The standard InChI is InChI=1S/C12H26O3Si/c1-7-13-8-9-14-10-11-15-16(5,6)12(2,3)4/h7H,1,8-11H2,2-6H3. The van der Waals surface area contributed by atoms with Gasteiger partial charge in [0.25, 0.3) is 0 Å². The summed E-state index contributed by atoms with van der Waals surface area (Å²) in [6.07, 6.45) is 1.43. The van der Waals surface area contributed by atoms with Crippen molar-refractivity contribution in [2.75, 3.05) is 26.4 Å². The molecule has 0 saturated heterocycles. The minimum absolute atomic E-state index is 0.263. The van der Waals surface area contributed by atoms with Gasteiger partial charge in [-0.25, -0.2) is 0 Å². The van der Waals surface area contributed by atoms with Crippen LogP contribution in [0, 0.1) is 0 Å². The van der Waals surface area contributed by atoms with Gasteiger partial charge in [0.05, 0.1) is 26.1 Å². The van der Waals surface area contributed by atoms with Crippen LogP contribution < -0.4 is 0 Å². The summed E-state index contributed by atoms with van der Waals surface area (Å²) >= 11 is 0. The van der Waals surface area contributed by atoms with E-state index in [0.717, 1.165) is 0 Å². The molecule has 96 valence electrons. The van der Waals surface area contributed by atoms with Crippen LogP contribution in [0.5, 0.6) is 0 Å². The second-order valence-electron chi connectivity index (χ2n) is 5.26. The van der Waals surface area contributed by atoms with Gasteiger partial charge >= 0.3 is 0 Å². The first-order valence-electron chi connectivity index (χ1n) is 5.75.